The lowest BCUT2D eigenvalue weighted by Crippen LogP contribution is -2.18. The van der Waals surface area contributed by atoms with Gasteiger partial charge in [0.15, 0.2) is 0 Å². The van der Waals surface area contributed by atoms with Crippen LogP contribution in [0.25, 0.3) is 0 Å². The lowest BCUT2D eigenvalue weighted by Gasteiger charge is -1.96. The zero-order valence-corrected chi connectivity index (χ0v) is 9.84. The molecular weight excluding hydrogens is 222 g/mol. The van der Waals surface area contributed by atoms with Crippen molar-refractivity contribution >= 4 is 11.9 Å². The van der Waals surface area contributed by atoms with Gasteiger partial charge in [0.05, 0.1) is 13.2 Å². The van der Waals surface area contributed by atoms with E-state index in [-0.39, 0.29) is 11.9 Å². The second kappa shape index (κ2) is 6.47. The van der Waals surface area contributed by atoms with Gasteiger partial charge < -0.3 is 10.1 Å². The standard InChI is InChI=1S/C11H15N3O3/c1-3-17-10(15)5-4-7-14-8-6-9(13-14)11(16)12-2/h4-6,8H,3,7H2,1-2H3,(H,12,16)/b5-4+. The smallest absolute Gasteiger partial charge is 0.330 e. The molecule has 0 radical (unpaired) electrons. The third-order valence-corrected chi connectivity index (χ3v) is 1.93. The fourth-order valence-electron chi connectivity index (χ4n) is 1.16. The molecule has 0 aliphatic heterocycles. The van der Waals surface area contributed by atoms with Crippen LogP contribution in [-0.2, 0) is 16.1 Å². The number of hydrogen-bond acceptors (Lipinski definition) is 4. The number of aromatic nitrogens is 2. The highest BCUT2D eigenvalue weighted by Crippen LogP contribution is 1.96. The Hall–Kier alpha value is -2.11. The average Bonchev–Trinajstić information content (AvgIpc) is 2.77. The second-order valence-electron chi connectivity index (χ2n) is 3.16. The van der Waals surface area contributed by atoms with Gasteiger partial charge in [0.1, 0.15) is 5.69 Å². The van der Waals surface area contributed by atoms with Gasteiger partial charge in [0.25, 0.3) is 5.91 Å². The quantitative estimate of drug-likeness (QED) is 0.593. The molecule has 1 heterocycles. The van der Waals surface area contributed by atoms with Crippen molar-refractivity contribution in [3.8, 4) is 0 Å². The van der Waals surface area contributed by atoms with Gasteiger partial charge in [-0.15, -0.1) is 0 Å². The van der Waals surface area contributed by atoms with E-state index in [9.17, 15) is 9.59 Å². The summed E-state index contributed by atoms with van der Waals surface area (Å²) in [6, 6.07) is 1.61. The maximum Gasteiger partial charge on any atom is 0.330 e. The van der Waals surface area contributed by atoms with Crippen LogP contribution in [0.5, 0.6) is 0 Å². The fourth-order valence-corrected chi connectivity index (χ4v) is 1.16. The first-order valence-corrected chi connectivity index (χ1v) is 5.26. The van der Waals surface area contributed by atoms with Gasteiger partial charge in [-0.2, -0.15) is 5.10 Å². The molecule has 1 aromatic rings. The van der Waals surface area contributed by atoms with E-state index in [2.05, 4.69) is 10.4 Å². The maximum absolute atomic E-state index is 11.2. The molecule has 0 aromatic carbocycles. The third kappa shape index (κ3) is 4.10. The lowest BCUT2D eigenvalue weighted by molar-refractivity contribution is -0.137. The summed E-state index contributed by atoms with van der Waals surface area (Å²) in [6.45, 7) is 2.51. The van der Waals surface area contributed by atoms with E-state index in [1.807, 2.05) is 0 Å². The van der Waals surface area contributed by atoms with Crippen LogP contribution >= 0.6 is 0 Å². The molecule has 0 aliphatic carbocycles. The van der Waals surface area contributed by atoms with Crippen LogP contribution in [0.1, 0.15) is 17.4 Å². The average molecular weight is 237 g/mol. The topological polar surface area (TPSA) is 73.2 Å². The first-order chi connectivity index (χ1) is 8.17. The Kier molecular flexibility index (Phi) is 4.93. The molecule has 6 heteroatoms. The Bertz CT molecular complexity index is 423. The summed E-state index contributed by atoms with van der Waals surface area (Å²) >= 11 is 0. The fraction of sp³-hybridized carbons (Fsp3) is 0.364. The number of esters is 1. The summed E-state index contributed by atoms with van der Waals surface area (Å²) in [6.07, 6.45) is 4.63. The minimum atomic E-state index is -0.383. The van der Waals surface area contributed by atoms with Crippen LogP contribution in [-0.4, -0.2) is 35.3 Å². The lowest BCUT2D eigenvalue weighted by atomic mass is 10.4. The molecule has 0 bridgehead atoms. The van der Waals surface area contributed by atoms with E-state index < -0.39 is 0 Å². The summed E-state index contributed by atoms with van der Waals surface area (Å²) in [7, 11) is 1.54. The van der Waals surface area contributed by atoms with Crippen molar-refractivity contribution in [2.24, 2.45) is 0 Å². The molecule has 0 saturated heterocycles. The zero-order chi connectivity index (χ0) is 12.7. The number of hydrogen-bond donors (Lipinski definition) is 1. The minimum Gasteiger partial charge on any atom is -0.463 e. The highest BCUT2D eigenvalue weighted by molar-refractivity contribution is 5.91. The summed E-state index contributed by atoms with van der Waals surface area (Å²) in [5.41, 5.74) is 0.344. The van der Waals surface area contributed by atoms with Gasteiger partial charge >= 0.3 is 5.97 Å². The Morgan fingerprint density at radius 3 is 3.00 bits per heavy atom. The molecule has 1 rings (SSSR count). The number of carbonyl (C=O) groups excluding carboxylic acids is 2. The van der Waals surface area contributed by atoms with E-state index in [4.69, 9.17) is 4.74 Å². The predicted octanol–water partition coefficient (Wildman–Crippen LogP) is 0.362. The van der Waals surface area contributed by atoms with Gasteiger partial charge in [-0.1, -0.05) is 6.08 Å². The van der Waals surface area contributed by atoms with E-state index in [1.54, 1.807) is 37.0 Å². The van der Waals surface area contributed by atoms with E-state index in [1.165, 1.54) is 6.08 Å². The normalized spacial score (nSPS) is 10.5. The number of nitrogens with one attached hydrogen (secondary N) is 1. The van der Waals surface area contributed by atoms with Gasteiger partial charge in [-0.25, -0.2) is 4.79 Å². The number of nitrogens with zero attached hydrogens (tertiary/aromatic N) is 2. The monoisotopic (exact) mass is 237 g/mol. The second-order valence-corrected chi connectivity index (χ2v) is 3.16. The van der Waals surface area contributed by atoms with E-state index >= 15 is 0 Å². The first-order valence-electron chi connectivity index (χ1n) is 5.26. The van der Waals surface area contributed by atoms with Gasteiger partial charge in [-0.05, 0) is 13.0 Å². The minimum absolute atomic E-state index is 0.238. The van der Waals surface area contributed by atoms with Crippen molar-refractivity contribution in [1.82, 2.24) is 15.1 Å². The molecule has 0 aliphatic rings. The maximum atomic E-state index is 11.2. The van der Waals surface area contributed by atoms with Crippen molar-refractivity contribution < 1.29 is 14.3 Å². The zero-order valence-electron chi connectivity index (χ0n) is 9.84. The van der Waals surface area contributed by atoms with E-state index in [0.717, 1.165) is 0 Å². The van der Waals surface area contributed by atoms with Crippen molar-refractivity contribution in [3.05, 3.63) is 30.1 Å². The number of amides is 1. The van der Waals surface area contributed by atoms with Crippen LogP contribution in [0.15, 0.2) is 24.4 Å². The van der Waals surface area contributed by atoms with Crippen molar-refractivity contribution in [3.63, 3.8) is 0 Å². The van der Waals surface area contributed by atoms with Crippen LogP contribution < -0.4 is 5.32 Å². The largest absolute Gasteiger partial charge is 0.463 e. The Morgan fingerprint density at radius 2 is 2.35 bits per heavy atom. The highest BCUT2D eigenvalue weighted by atomic mass is 16.5. The molecule has 0 spiro atoms. The molecule has 1 N–H and O–H groups in total. The molecule has 6 nitrogen and oxygen atoms in total. The summed E-state index contributed by atoms with van der Waals surface area (Å²) in [5, 5.41) is 6.50. The SMILES string of the molecule is CCOC(=O)/C=C/Cn1ccc(C(=O)NC)n1. The summed E-state index contributed by atoms with van der Waals surface area (Å²) in [4.78, 5) is 22.2. The molecule has 0 unspecified atom stereocenters. The molecule has 1 aromatic heterocycles. The first kappa shape index (κ1) is 13.0. The van der Waals surface area contributed by atoms with E-state index in [0.29, 0.717) is 18.8 Å². The molecular formula is C11H15N3O3. The van der Waals surface area contributed by atoms with Crippen molar-refractivity contribution in [1.29, 1.82) is 0 Å². The molecule has 17 heavy (non-hydrogen) atoms. The van der Waals surface area contributed by atoms with Gasteiger partial charge in [-0.3, -0.25) is 9.48 Å². The number of rotatable bonds is 5. The molecule has 0 saturated carbocycles. The molecule has 0 atom stereocenters. The third-order valence-electron chi connectivity index (χ3n) is 1.93. The number of allylic oxidation sites excluding steroid dienone is 1. The van der Waals surface area contributed by atoms with Crippen LogP contribution in [0, 0.1) is 0 Å². The molecule has 0 fully saturated rings. The summed E-state index contributed by atoms with van der Waals surface area (Å²) in [5.74, 6) is -0.621. The number of carbonyl (C=O) groups is 2. The Morgan fingerprint density at radius 1 is 1.59 bits per heavy atom. The molecule has 1 amide bonds. The van der Waals surface area contributed by atoms with Crippen LogP contribution in [0.3, 0.4) is 0 Å². The van der Waals surface area contributed by atoms with Crippen molar-refractivity contribution in [2.75, 3.05) is 13.7 Å². The highest BCUT2D eigenvalue weighted by Gasteiger charge is 2.05. The van der Waals surface area contributed by atoms with Crippen LogP contribution in [0.2, 0.25) is 0 Å². The predicted molar refractivity (Wildman–Crippen MR) is 61.4 cm³/mol. The van der Waals surface area contributed by atoms with Gasteiger partial charge in [0, 0.05) is 19.3 Å². The molecule has 92 valence electrons. The Balaban J connectivity index is 2.50. The summed E-state index contributed by atoms with van der Waals surface area (Å²) < 4.78 is 6.28. The van der Waals surface area contributed by atoms with Crippen molar-refractivity contribution in [2.45, 2.75) is 13.5 Å². The Labute approximate surface area is 99.3 Å². The van der Waals surface area contributed by atoms with Gasteiger partial charge in [0.2, 0.25) is 0 Å². The number of ether oxygens (including phenoxy) is 1. The van der Waals surface area contributed by atoms with Crippen LogP contribution in [0.4, 0.5) is 0 Å².